The lowest BCUT2D eigenvalue weighted by Crippen LogP contribution is -1.96. The molecule has 3 aromatic rings. The van der Waals surface area contributed by atoms with Crippen LogP contribution in [0, 0.1) is 0 Å². The molecule has 0 saturated carbocycles. The van der Waals surface area contributed by atoms with Gasteiger partial charge in [0.2, 0.25) is 0 Å². The van der Waals surface area contributed by atoms with Crippen molar-refractivity contribution in [3.05, 3.63) is 78.1 Å². The van der Waals surface area contributed by atoms with Crippen LogP contribution in [-0.2, 0) is 0 Å². The van der Waals surface area contributed by atoms with Crippen molar-refractivity contribution >= 4 is 12.2 Å². The van der Waals surface area contributed by atoms with E-state index in [4.69, 9.17) is 4.74 Å². The number of hydrogen-bond acceptors (Lipinski definition) is 3. The molecule has 0 radical (unpaired) electrons. The first-order valence-corrected chi connectivity index (χ1v) is 9.64. The number of pyridine rings is 2. The van der Waals surface area contributed by atoms with E-state index in [0.29, 0.717) is 0 Å². The molecule has 1 aromatic carbocycles. The van der Waals surface area contributed by atoms with Gasteiger partial charge in [-0.15, -0.1) is 0 Å². The lowest BCUT2D eigenvalue weighted by Gasteiger charge is -2.06. The first kappa shape index (κ1) is 18.8. The third-order valence-electron chi connectivity index (χ3n) is 4.35. The molecule has 0 N–H and O–H groups in total. The molecule has 2 aromatic heterocycles. The zero-order chi connectivity index (χ0) is 18.7. The van der Waals surface area contributed by atoms with Crippen molar-refractivity contribution in [3.63, 3.8) is 0 Å². The van der Waals surface area contributed by atoms with Crippen LogP contribution in [0.3, 0.4) is 0 Å². The smallest absolute Gasteiger partial charge is 0.119 e. The van der Waals surface area contributed by atoms with Crippen LogP contribution in [0.15, 0.2) is 67.0 Å². The minimum absolute atomic E-state index is 0.790. The van der Waals surface area contributed by atoms with Crippen LogP contribution in [0.4, 0.5) is 0 Å². The van der Waals surface area contributed by atoms with E-state index in [1.54, 1.807) is 12.4 Å². The zero-order valence-corrected chi connectivity index (χ0v) is 15.8. The molecule has 0 saturated heterocycles. The molecule has 0 unspecified atom stereocenters. The molecule has 3 rings (SSSR count). The lowest BCUT2D eigenvalue weighted by molar-refractivity contribution is 0.305. The van der Waals surface area contributed by atoms with E-state index in [0.717, 1.165) is 41.3 Å². The Kier molecular flexibility index (Phi) is 7.16. The van der Waals surface area contributed by atoms with Crippen molar-refractivity contribution in [1.29, 1.82) is 0 Å². The van der Waals surface area contributed by atoms with Gasteiger partial charge in [-0.2, -0.15) is 0 Å². The van der Waals surface area contributed by atoms with E-state index in [9.17, 15) is 0 Å². The fourth-order valence-electron chi connectivity index (χ4n) is 2.85. The molecule has 27 heavy (non-hydrogen) atoms. The van der Waals surface area contributed by atoms with E-state index in [1.807, 2.05) is 36.4 Å². The average molecular weight is 358 g/mol. The number of nitrogens with zero attached hydrogens (tertiary/aromatic N) is 2. The second kappa shape index (κ2) is 10.3. The molecule has 0 spiro atoms. The zero-order valence-electron chi connectivity index (χ0n) is 15.8. The molecule has 0 amide bonds. The molecule has 138 valence electrons. The fraction of sp³-hybridized carbons (Fsp3) is 0.250. The summed E-state index contributed by atoms with van der Waals surface area (Å²) < 4.78 is 5.80. The summed E-state index contributed by atoms with van der Waals surface area (Å²) in [5.41, 5.74) is 3.95. The standard InChI is InChI=1S/C24H26N2O/c1-2-3-4-7-19-27-22-15-12-20(13-16-22)11-14-21-9-8-18-26-24(21)23-10-5-6-17-25-23/h5-6,8-18H,2-4,7,19H2,1H3/b14-11+. The largest absolute Gasteiger partial charge is 0.494 e. The van der Waals surface area contributed by atoms with Crippen LogP contribution in [-0.4, -0.2) is 16.6 Å². The fourth-order valence-corrected chi connectivity index (χ4v) is 2.85. The Morgan fingerprint density at radius 3 is 2.44 bits per heavy atom. The van der Waals surface area contributed by atoms with Gasteiger partial charge in [-0.3, -0.25) is 9.97 Å². The monoisotopic (exact) mass is 358 g/mol. The summed E-state index contributed by atoms with van der Waals surface area (Å²) >= 11 is 0. The molecule has 0 fully saturated rings. The number of ether oxygens (including phenoxy) is 1. The van der Waals surface area contributed by atoms with Gasteiger partial charge < -0.3 is 4.74 Å². The van der Waals surface area contributed by atoms with Crippen LogP contribution in [0.5, 0.6) is 5.75 Å². The Bertz CT molecular complexity index is 842. The van der Waals surface area contributed by atoms with Crippen LogP contribution in [0.25, 0.3) is 23.5 Å². The predicted molar refractivity (Wildman–Crippen MR) is 112 cm³/mol. The van der Waals surface area contributed by atoms with Crippen molar-refractivity contribution in [2.24, 2.45) is 0 Å². The van der Waals surface area contributed by atoms with E-state index in [1.165, 1.54) is 19.3 Å². The van der Waals surface area contributed by atoms with E-state index < -0.39 is 0 Å². The Hall–Kier alpha value is -2.94. The highest BCUT2D eigenvalue weighted by molar-refractivity contribution is 5.77. The third kappa shape index (κ3) is 5.78. The lowest BCUT2D eigenvalue weighted by atomic mass is 10.1. The van der Waals surface area contributed by atoms with Gasteiger partial charge in [0.25, 0.3) is 0 Å². The van der Waals surface area contributed by atoms with Gasteiger partial charge in [0.15, 0.2) is 0 Å². The Morgan fingerprint density at radius 2 is 1.67 bits per heavy atom. The normalized spacial score (nSPS) is 11.0. The quantitative estimate of drug-likeness (QED) is 0.423. The molecular formula is C24H26N2O. The average Bonchev–Trinajstić information content (AvgIpc) is 2.74. The maximum Gasteiger partial charge on any atom is 0.119 e. The first-order valence-electron chi connectivity index (χ1n) is 9.64. The van der Waals surface area contributed by atoms with Gasteiger partial charge in [0.05, 0.1) is 18.0 Å². The molecule has 3 nitrogen and oxygen atoms in total. The third-order valence-corrected chi connectivity index (χ3v) is 4.35. The molecule has 3 heteroatoms. The van der Waals surface area contributed by atoms with E-state index in [2.05, 4.69) is 47.2 Å². The number of benzene rings is 1. The minimum Gasteiger partial charge on any atom is -0.494 e. The number of aromatic nitrogens is 2. The first-order chi connectivity index (χ1) is 13.4. The molecule has 2 heterocycles. The Morgan fingerprint density at radius 1 is 0.815 bits per heavy atom. The summed E-state index contributed by atoms with van der Waals surface area (Å²) in [5, 5.41) is 0. The molecule has 0 aliphatic heterocycles. The van der Waals surface area contributed by atoms with Crippen LogP contribution in [0.1, 0.15) is 43.7 Å². The van der Waals surface area contributed by atoms with Crippen molar-refractivity contribution < 1.29 is 4.74 Å². The molecule has 0 atom stereocenters. The molecule has 0 bridgehead atoms. The maximum atomic E-state index is 5.80. The second-order valence-corrected chi connectivity index (χ2v) is 6.47. The second-order valence-electron chi connectivity index (χ2n) is 6.47. The Balaban J connectivity index is 1.63. The highest BCUT2D eigenvalue weighted by Gasteiger charge is 2.04. The summed E-state index contributed by atoms with van der Waals surface area (Å²) in [5.74, 6) is 0.930. The van der Waals surface area contributed by atoms with Crippen molar-refractivity contribution in [3.8, 4) is 17.1 Å². The van der Waals surface area contributed by atoms with Gasteiger partial charge in [-0.1, -0.05) is 62.6 Å². The summed E-state index contributed by atoms with van der Waals surface area (Å²) in [6.07, 6.45) is 12.6. The van der Waals surface area contributed by atoms with E-state index >= 15 is 0 Å². The van der Waals surface area contributed by atoms with Crippen LogP contribution >= 0.6 is 0 Å². The number of unbranched alkanes of at least 4 members (excludes halogenated alkanes) is 3. The minimum atomic E-state index is 0.790. The highest BCUT2D eigenvalue weighted by atomic mass is 16.5. The maximum absolute atomic E-state index is 5.80. The van der Waals surface area contributed by atoms with Crippen LogP contribution < -0.4 is 4.74 Å². The van der Waals surface area contributed by atoms with Gasteiger partial charge in [-0.25, -0.2) is 0 Å². The summed E-state index contributed by atoms with van der Waals surface area (Å²) in [6, 6.07) is 18.1. The number of rotatable bonds is 9. The topological polar surface area (TPSA) is 35.0 Å². The SMILES string of the molecule is CCCCCCOc1ccc(/C=C/c2cccnc2-c2ccccn2)cc1. The summed E-state index contributed by atoms with van der Waals surface area (Å²) in [4.78, 5) is 8.91. The van der Waals surface area contributed by atoms with Crippen LogP contribution in [0.2, 0.25) is 0 Å². The molecular weight excluding hydrogens is 332 g/mol. The van der Waals surface area contributed by atoms with Gasteiger partial charge in [-0.05, 0) is 42.3 Å². The highest BCUT2D eigenvalue weighted by Crippen LogP contribution is 2.21. The molecule has 0 aliphatic carbocycles. The van der Waals surface area contributed by atoms with Crippen molar-refractivity contribution in [1.82, 2.24) is 9.97 Å². The van der Waals surface area contributed by atoms with Crippen molar-refractivity contribution in [2.45, 2.75) is 32.6 Å². The van der Waals surface area contributed by atoms with Gasteiger partial charge in [0.1, 0.15) is 5.75 Å². The summed E-state index contributed by atoms with van der Waals surface area (Å²) in [6.45, 7) is 3.01. The number of hydrogen-bond donors (Lipinski definition) is 0. The van der Waals surface area contributed by atoms with E-state index in [-0.39, 0.29) is 0 Å². The van der Waals surface area contributed by atoms with Crippen molar-refractivity contribution in [2.75, 3.05) is 6.61 Å². The van der Waals surface area contributed by atoms with Gasteiger partial charge >= 0.3 is 0 Å². The van der Waals surface area contributed by atoms with Gasteiger partial charge in [0, 0.05) is 18.0 Å². The molecule has 0 aliphatic rings. The summed E-state index contributed by atoms with van der Waals surface area (Å²) in [7, 11) is 0. The predicted octanol–water partition coefficient (Wildman–Crippen LogP) is 6.27. The Labute approximate surface area is 161 Å².